The molecule has 3 rings (SSSR count). The Balaban J connectivity index is 2.19. The Hall–Kier alpha value is -3.02. The van der Waals surface area contributed by atoms with E-state index in [0.29, 0.717) is 22.0 Å². The van der Waals surface area contributed by atoms with Crippen molar-refractivity contribution in [2.24, 2.45) is 10.9 Å². The maximum absolute atomic E-state index is 13.2. The highest BCUT2D eigenvalue weighted by atomic mass is 32.2. The van der Waals surface area contributed by atoms with Crippen LogP contribution in [0, 0.1) is 5.41 Å². The number of aromatic nitrogens is 3. The molecule has 0 amide bonds. The Morgan fingerprint density at radius 2 is 1.93 bits per heavy atom. The number of sulfonamides is 1. The summed E-state index contributed by atoms with van der Waals surface area (Å²) in [7, 11) is -3.82. The Bertz CT molecular complexity index is 1220. The van der Waals surface area contributed by atoms with E-state index in [1.807, 2.05) is 0 Å². The van der Waals surface area contributed by atoms with Crippen LogP contribution < -0.4 is 16.4 Å². The number of hydrogen-bond donors (Lipinski definition) is 3. The molecule has 0 unspecified atom stereocenters. The number of nitrogens with one attached hydrogen (secondary N) is 1. The topological polar surface area (TPSA) is 158 Å². The van der Waals surface area contributed by atoms with Crippen LogP contribution in [0.25, 0.3) is 11.4 Å². The first-order valence-electron chi connectivity index (χ1n) is 8.27. The number of pyridine rings is 1. The van der Waals surface area contributed by atoms with E-state index in [1.165, 1.54) is 28.5 Å². The molecule has 0 saturated carbocycles. The Morgan fingerprint density at radius 1 is 1.24 bits per heavy atom. The molecule has 3 aromatic rings. The van der Waals surface area contributed by atoms with E-state index in [4.69, 9.17) is 16.3 Å². The Kier molecular flexibility index (Phi) is 5.82. The SMILES string of the molecule is CSc1nc(-c2cccnc2)n(Cc2ccc(S(N)(=O)=O)cc2)c(=O)c1C(=N)N. The second-order valence-corrected chi connectivity index (χ2v) is 8.41. The van der Waals surface area contributed by atoms with Gasteiger partial charge >= 0.3 is 0 Å². The third kappa shape index (κ3) is 4.36. The van der Waals surface area contributed by atoms with Crippen LogP contribution in [-0.2, 0) is 16.6 Å². The summed E-state index contributed by atoms with van der Waals surface area (Å²) in [5.74, 6) is -0.00381. The van der Waals surface area contributed by atoms with Gasteiger partial charge in [0.05, 0.1) is 11.4 Å². The first-order valence-corrected chi connectivity index (χ1v) is 11.0. The van der Waals surface area contributed by atoms with Gasteiger partial charge in [-0.1, -0.05) is 12.1 Å². The Morgan fingerprint density at radius 3 is 2.45 bits per heavy atom. The van der Waals surface area contributed by atoms with Gasteiger partial charge in [-0.15, -0.1) is 11.8 Å². The van der Waals surface area contributed by atoms with Gasteiger partial charge in [0.1, 0.15) is 22.2 Å². The van der Waals surface area contributed by atoms with Crippen molar-refractivity contribution in [2.45, 2.75) is 16.5 Å². The molecule has 0 spiro atoms. The number of nitrogens with zero attached hydrogens (tertiary/aromatic N) is 3. The van der Waals surface area contributed by atoms with Gasteiger partial charge in [0, 0.05) is 18.0 Å². The molecule has 5 N–H and O–H groups in total. The number of nitrogen functional groups attached to an aromatic ring is 1. The van der Waals surface area contributed by atoms with E-state index in [-0.39, 0.29) is 22.8 Å². The van der Waals surface area contributed by atoms with E-state index >= 15 is 0 Å². The minimum absolute atomic E-state index is 0.0197. The van der Waals surface area contributed by atoms with Crippen LogP contribution in [0.3, 0.4) is 0 Å². The second-order valence-electron chi connectivity index (χ2n) is 6.06. The largest absolute Gasteiger partial charge is 0.383 e. The van der Waals surface area contributed by atoms with E-state index < -0.39 is 15.6 Å². The summed E-state index contributed by atoms with van der Waals surface area (Å²) < 4.78 is 24.3. The van der Waals surface area contributed by atoms with Crippen molar-refractivity contribution in [3.05, 3.63) is 70.3 Å². The highest BCUT2D eigenvalue weighted by Gasteiger charge is 2.20. The number of rotatable bonds is 6. The summed E-state index contributed by atoms with van der Waals surface area (Å²) >= 11 is 1.22. The summed E-state index contributed by atoms with van der Waals surface area (Å²) in [5.41, 5.74) is 6.46. The van der Waals surface area contributed by atoms with Gasteiger partial charge in [0.15, 0.2) is 0 Å². The van der Waals surface area contributed by atoms with Crippen molar-refractivity contribution < 1.29 is 8.42 Å². The van der Waals surface area contributed by atoms with Gasteiger partial charge in [-0.05, 0) is 36.1 Å². The number of thioether (sulfide) groups is 1. The minimum Gasteiger partial charge on any atom is -0.383 e. The molecular weight excluding hydrogens is 412 g/mol. The van der Waals surface area contributed by atoms with Gasteiger partial charge < -0.3 is 5.73 Å². The standard InChI is InChI=1S/C18H18N6O3S2/c1-28-17-14(15(19)20)18(25)24(16(23-17)12-3-2-8-22-9-12)10-11-4-6-13(7-5-11)29(21,26)27/h2-9H,10H2,1H3,(H3,19,20)(H2,21,26,27). The van der Waals surface area contributed by atoms with Crippen LogP contribution in [0.2, 0.25) is 0 Å². The fourth-order valence-electron chi connectivity index (χ4n) is 2.74. The molecule has 1 aromatic carbocycles. The lowest BCUT2D eigenvalue weighted by Gasteiger charge is -2.16. The summed E-state index contributed by atoms with van der Waals surface area (Å²) in [6.07, 6.45) is 4.94. The average molecular weight is 431 g/mol. The second kappa shape index (κ2) is 8.15. The molecule has 29 heavy (non-hydrogen) atoms. The average Bonchev–Trinajstić information content (AvgIpc) is 2.69. The lowest BCUT2D eigenvalue weighted by Crippen LogP contribution is -2.33. The molecule has 9 nitrogen and oxygen atoms in total. The van der Waals surface area contributed by atoms with Crippen LogP contribution in [0.15, 0.2) is 63.5 Å². The molecule has 2 aromatic heterocycles. The summed E-state index contributed by atoms with van der Waals surface area (Å²) in [6, 6.07) is 9.37. The van der Waals surface area contributed by atoms with Crippen LogP contribution in [-0.4, -0.2) is 35.0 Å². The van der Waals surface area contributed by atoms with Crippen LogP contribution in [0.4, 0.5) is 0 Å². The monoisotopic (exact) mass is 430 g/mol. The molecule has 11 heteroatoms. The fourth-order valence-corrected chi connectivity index (χ4v) is 3.84. The summed E-state index contributed by atoms with van der Waals surface area (Å²) in [5, 5.41) is 13.3. The fraction of sp³-hybridized carbons (Fsp3) is 0.111. The summed E-state index contributed by atoms with van der Waals surface area (Å²) in [4.78, 5) is 21.8. The van der Waals surface area contributed by atoms with Gasteiger partial charge in [-0.25, -0.2) is 18.5 Å². The quantitative estimate of drug-likeness (QED) is 0.228. The molecule has 2 heterocycles. The molecule has 0 aliphatic heterocycles. The minimum atomic E-state index is -3.82. The first kappa shape index (κ1) is 20.7. The molecule has 0 saturated heterocycles. The van der Waals surface area contributed by atoms with Crippen molar-refractivity contribution >= 4 is 27.6 Å². The zero-order chi connectivity index (χ0) is 21.2. The Labute approximate surface area is 171 Å². The molecule has 0 radical (unpaired) electrons. The van der Waals surface area contributed by atoms with Gasteiger partial charge in [0.25, 0.3) is 5.56 Å². The van der Waals surface area contributed by atoms with Crippen LogP contribution in [0.1, 0.15) is 11.1 Å². The molecule has 0 bridgehead atoms. The van der Waals surface area contributed by atoms with Crippen LogP contribution in [0.5, 0.6) is 0 Å². The zero-order valence-electron chi connectivity index (χ0n) is 15.4. The molecule has 0 aliphatic carbocycles. The van der Waals surface area contributed by atoms with Crippen molar-refractivity contribution in [3.63, 3.8) is 0 Å². The summed E-state index contributed by atoms with van der Waals surface area (Å²) in [6.45, 7) is 0.0932. The highest BCUT2D eigenvalue weighted by molar-refractivity contribution is 7.98. The lowest BCUT2D eigenvalue weighted by atomic mass is 10.2. The number of primary sulfonamides is 1. The predicted molar refractivity (Wildman–Crippen MR) is 111 cm³/mol. The smallest absolute Gasteiger partial charge is 0.266 e. The first-order chi connectivity index (χ1) is 13.7. The maximum Gasteiger partial charge on any atom is 0.266 e. The third-order valence-electron chi connectivity index (χ3n) is 4.11. The number of nitrogens with two attached hydrogens (primary N) is 2. The third-order valence-corrected chi connectivity index (χ3v) is 5.72. The number of benzene rings is 1. The van der Waals surface area contributed by atoms with Gasteiger partial charge in [0.2, 0.25) is 10.0 Å². The van der Waals surface area contributed by atoms with Crippen molar-refractivity contribution in [1.82, 2.24) is 14.5 Å². The molecule has 0 atom stereocenters. The molecule has 0 aliphatic rings. The highest BCUT2D eigenvalue weighted by Crippen LogP contribution is 2.22. The van der Waals surface area contributed by atoms with Gasteiger partial charge in [-0.2, -0.15) is 0 Å². The van der Waals surface area contributed by atoms with Crippen LogP contribution >= 0.6 is 11.8 Å². The van der Waals surface area contributed by atoms with E-state index in [9.17, 15) is 13.2 Å². The van der Waals surface area contributed by atoms with E-state index in [0.717, 1.165) is 0 Å². The van der Waals surface area contributed by atoms with Crippen molar-refractivity contribution in [1.29, 1.82) is 5.41 Å². The van der Waals surface area contributed by atoms with Gasteiger partial charge in [-0.3, -0.25) is 19.8 Å². The maximum atomic E-state index is 13.2. The zero-order valence-corrected chi connectivity index (χ0v) is 17.0. The van der Waals surface area contributed by atoms with Crippen molar-refractivity contribution in [3.8, 4) is 11.4 Å². The molecule has 150 valence electrons. The number of hydrogen-bond acceptors (Lipinski definition) is 7. The number of amidine groups is 1. The normalized spacial score (nSPS) is 11.4. The lowest BCUT2D eigenvalue weighted by molar-refractivity contribution is 0.597. The molecular formula is C18H18N6O3S2. The van der Waals surface area contributed by atoms with E-state index in [1.54, 1.807) is 42.9 Å². The van der Waals surface area contributed by atoms with E-state index in [2.05, 4.69) is 9.97 Å². The predicted octanol–water partition coefficient (Wildman–Crippen LogP) is 1.01. The van der Waals surface area contributed by atoms with Crippen molar-refractivity contribution in [2.75, 3.05) is 6.26 Å². The molecule has 0 fully saturated rings.